The summed E-state index contributed by atoms with van der Waals surface area (Å²) in [5.74, 6) is 0. The van der Waals surface area contributed by atoms with E-state index in [-0.39, 0.29) is 0 Å². The predicted octanol–water partition coefficient (Wildman–Crippen LogP) is -0.856. The van der Waals surface area contributed by atoms with Gasteiger partial charge in [0.15, 0.2) is 6.79 Å². The Bertz CT molecular complexity index is 51.5. The Morgan fingerprint density at radius 1 is 2.00 bits per heavy atom. The molecule has 0 heterocycles. The van der Waals surface area contributed by atoms with Crippen molar-refractivity contribution < 1.29 is 15.0 Å². The second kappa shape index (κ2) is 2.40. The molecular formula is CH3NO4. The van der Waals surface area contributed by atoms with Gasteiger partial charge >= 0.3 is 0 Å². The van der Waals surface area contributed by atoms with Gasteiger partial charge in [-0.15, -0.1) is 10.1 Å². The SMILES string of the molecule is O=[N+]([O-])OCO. The molecule has 0 aliphatic rings. The van der Waals surface area contributed by atoms with Gasteiger partial charge in [0.25, 0.3) is 5.09 Å². The molecule has 0 saturated heterocycles. The Hall–Kier alpha value is -0.840. The number of hydrogen-bond acceptors (Lipinski definition) is 4. The van der Waals surface area contributed by atoms with Gasteiger partial charge in [0.05, 0.1) is 0 Å². The van der Waals surface area contributed by atoms with Gasteiger partial charge in [0.2, 0.25) is 0 Å². The second-order valence-electron chi connectivity index (χ2n) is 0.482. The van der Waals surface area contributed by atoms with Gasteiger partial charge in [-0.3, -0.25) is 4.84 Å². The number of nitrogens with zero attached hydrogens (tertiary/aromatic N) is 1. The van der Waals surface area contributed by atoms with Crippen LogP contribution in [0, 0.1) is 10.1 Å². The molecule has 0 amide bonds. The smallest absolute Gasteiger partial charge is 0.296 e. The van der Waals surface area contributed by atoms with E-state index in [1.54, 1.807) is 0 Å². The van der Waals surface area contributed by atoms with Gasteiger partial charge in [0, 0.05) is 0 Å². The van der Waals surface area contributed by atoms with Crippen LogP contribution in [0.5, 0.6) is 0 Å². The summed E-state index contributed by atoms with van der Waals surface area (Å²) in [6, 6.07) is 0. The summed E-state index contributed by atoms with van der Waals surface area (Å²) in [7, 11) is 0. The Morgan fingerprint density at radius 2 is 2.50 bits per heavy atom. The lowest BCUT2D eigenvalue weighted by Crippen LogP contribution is -1.99. The molecule has 0 spiro atoms. The van der Waals surface area contributed by atoms with E-state index >= 15 is 0 Å². The Kier molecular flexibility index (Phi) is 2.06. The van der Waals surface area contributed by atoms with E-state index < -0.39 is 11.9 Å². The molecule has 5 nitrogen and oxygen atoms in total. The zero-order valence-corrected chi connectivity index (χ0v) is 2.83. The molecule has 0 unspecified atom stereocenters. The number of hydrogen-bond donors (Lipinski definition) is 1. The van der Waals surface area contributed by atoms with Crippen LogP contribution in [-0.4, -0.2) is 17.0 Å². The van der Waals surface area contributed by atoms with E-state index in [0.717, 1.165) is 0 Å². The van der Waals surface area contributed by atoms with Crippen LogP contribution in [0.1, 0.15) is 0 Å². The van der Waals surface area contributed by atoms with Crippen LogP contribution in [-0.2, 0) is 4.84 Å². The molecule has 5 heteroatoms. The highest BCUT2D eigenvalue weighted by atomic mass is 17.0. The number of rotatable bonds is 2. The molecular weight excluding hydrogens is 90.0 g/mol. The van der Waals surface area contributed by atoms with Gasteiger partial charge in [-0.25, -0.2) is 0 Å². The van der Waals surface area contributed by atoms with Crippen LogP contribution in [0.15, 0.2) is 0 Å². The molecule has 0 saturated carbocycles. The highest BCUT2D eigenvalue weighted by Gasteiger charge is 1.84. The summed E-state index contributed by atoms with van der Waals surface area (Å²) < 4.78 is 0. The monoisotopic (exact) mass is 93.0 g/mol. The van der Waals surface area contributed by atoms with Gasteiger partial charge in [-0.2, -0.15) is 0 Å². The zero-order valence-electron chi connectivity index (χ0n) is 2.83. The molecule has 0 aromatic carbocycles. The van der Waals surface area contributed by atoms with Crippen LogP contribution < -0.4 is 0 Å². The fourth-order valence-corrected chi connectivity index (χ4v) is 0.0471. The van der Waals surface area contributed by atoms with E-state index in [4.69, 9.17) is 15.2 Å². The van der Waals surface area contributed by atoms with Crippen LogP contribution in [0.4, 0.5) is 0 Å². The minimum atomic E-state index is -1.07. The standard InChI is InChI=1S/CH3NO4/c3-1-6-2(4)5/h3H,1H2. The quantitative estimate of drug-likeness (QED) is 0.274. The molecule has 36 valence electrons. The van der Waals surface area contributed by atoms with Crippen LogP contribution >= 0.6 is 0 Å². The van der Waals surface area contributed by atoms with Gasteiger partial charge in [-0.05, 0) is 0 Å². The lowest BCUT2D eigenvalue weighted by atomic mass is 11.5. The van der Waals surface area contributed by atoms with Crippen molar-refractivity contribution in [1.82, 2.24) is 0 Å². The number of aliphatic hydroxyl groups excluding tert-OH is 1. The average molecular weight is 93.0 g/mol. The average Bonchev–Trinajstić information content (AvgIpc) is 1.35. The first kappa shape index (κ1) is 5.16. The van der Waals surface area contributed by atoms with Crippen molar-refractivity contribution in [1.29, 1.82) is 0 Å². The highest BCUT2D eigenvalue weighted by molar-refractivity contribution is 3.88. The van der Waals surface area contributed by atoms with Crippen LogP contribution in [0.2, 0.25) is 0 Å². The molecule has 0 bridgehead atoms. The predicted molar refractivity (Wildman–Crippen MR) is 15.2 cm³/mol. The summed E-state index contributed by atoms with van der Waals surface area (Å²) >= 11 is 0. The fraction of sp³-hybridized carbons (Fsp3) is 1.00. The van der Waals surface area contributed by atoms with Crippen LogP contribution in [0.3, 0.4) is 0 Å². The largest absolute Gasteiger partial charge is 0.371 e. The molecule has 0 aliphatic heterocycles. The van der Waals surface area contributed by atoms with Crippen molar-refractivity contribution in [2.45, 2.75) is 0 Å². The molecule has 0 rings (SSSR count). The molecule has 0 atom stereocenters. The molecule has 1 N–H and O–H groups in total. The third-order valence-electron chi connectivity index (χ3n) is 0.163. The second-order valence-corrected chi connectivity index (χ2v) is 0.482. The molecule has 0 aliphatic carbocycles. The lowest BCUT2D eigenvalue weighted by molar-refractivity contribution is -0.766. The Morgan fingerprint density at radius 3 is 2.50 bits per heavy atom. The maximum absolute atomic E-state index is 9.02. The summed E-state index contributed by atoms with van der Waals surface area (Å²) in [4.78, 5) is 12.3. The topological polar surface area (TPSA) is 72.6 Å². The maximum atomic E-state index is 9.02. The maximum Gasteiger partial charge on any atom is 0.296 e. The molecule has 0 aromatic heterocycles. The van der Waals surface area contributed by atoms with E-state index in [0.29, 0.717) is 0 Å². The Labute approximate surface area is 33.3 Å². The zero-order chi connectivity index (χ0) is 4.99. The third kappa shape index (κ3) is 3.16. The van der Waals surface area contributed by atoms with Gasteiger partial charge in [-0.1, -0.05) is 0 Å². The van der Waals surface area contributed by atoms with Crippen LogP contribution in [0.25, 0.3) is 0 Å². The van der Waals surface area contributed by atoms with Crippen molar-refractivity contribution in [2.24, 2.45) is 0 Å². The van der Waals surface area contributed by atoms with Gasteiger partial charge < -0.3 is 5.11 Å². The summed E-state index contributed by atoms with van der Waals surface area (Å²) in [6.45, 7) is -0.868. The normalized spacial score (nSPS) is 7.50. The van der Waals surface area contributed by atoms with Crippen molar-refractivity contribution in [3.8, 4) is 0 Å². The van der Waals surface area contributed by atoms with Gasteiger partial charge in [0.1, 0.15) is 0 Å². The summed E-state index contributed by atoms with van der Waals surface area (Å²) in [6.07, 6.45) is 0. The van der Waals surface area contributed by atoms with Crippen molar-refractivity contribution in [3.63, 3.8) is 0 Å². The summed E-state index contributed by atoms with van der Waals surface area (Å²) in [5.41, 5.74) is 0. The van der Waals surface area contributed by atoms with E-state index in [2.05, 4.69) is 4.84 Å². The fourth-order valence-electron chi connectivity index (χ4n) is 0.0471. The van der Waals surface area contributed by atoms with Crippen molar-refractivity contribution in [3.05, 3.63) is 10.1 Å². The van der Waals surface area contributed by atoms with Crippen molar-refractivity contribution in [2.75, 3.05) is 6.79 Å². The minimum absolute atomic E-state index is 0.868. The summed E-state index contributed by atoms with van der Waals surface area (Å²) in [5, 5.41) is 15.5. The first-order valence-corrected chi connectivity index (χ1v) is 1.15. The molecule has 0 radical (unpaired) electrons. The Balaban J connectivity index is 2.83. The van der Waals surface area contributed by atoms with Crippen molar-refractivity contribution >= 4 is 0 Å². The molecule has 6 heavy (non-hydrogen) atoms. The highest BCUT2D eigenvalue weighted by Crippen LogP contribution is 1.64. The minimum Gasteiger partial charge on any atom is -0.371 e. The van der Waals surface area contributed by atoms with E-state index in [1.165, 1.54) is 0 Å². The van der Waals surface area contributed by atoms with E-state index in [9.17, 15) is 0 Å². The molecule has 0 fully saturated rings. The third-order valence-corrected chi connectivity index (χ3v) is 0.163. The first-order valence-electron chi connectivity index (χ1n) is 1.15. The number of aliphatic hydroxyl groups is 1. The molecule has 0 aromatic rings. The lowest BCUT2D eigenvalue weighted by Gasteiger charge is -1.83. The first-order chi connectivity index (χ1) is 2.77. The van der Waals surface area contributed by atoms with E-state index in [1.807, 2.05) is 0 Å².